The van der Waals surface area contributed by atoms with Crippen LogP contribution in [0.15, 0.2) is 18.3 Å². The van der Waals surface area contributed by atoms with Crippen molar-refractivity contribution < 1.29 is 0 Å². The lowest BCUT2D eigenvalue weighted by Gasteiger charge is -2.25. The van der Waals surface area contributed by atoms with Gasteiger partial charge in [0, 0.05) is 11.7 Å². The van der Waals surface area contributed by atoms with Crippen LogP contribution in [0.3, 0.4) is 0 Å². The molecule has 1 heterocycles. The summed E-state index contributed by atoms with van der Waals surface area (Å²) in [7, 11) is 0. The van der Waals surface area contributed by atoms with Crippen molar-refractivity contribution >= 4 is 5.82 Å². The molecule has 0 amide bonds. The molecule has 0 fully saturated rings. The van der Waals surface area contributed by atoms with Gasteiger partial charge in [-0.05, 0) is 38.8 Å². The summed E-state index contributed by atoms with van der Waals surface area (Å²) in [5, 5.41) is 3.38. The van der Waals surface area contributed by atoms with Crippen LogP contribution in [0.4, 0.5) is 5.82 Å². The van der Waals surface area contributed by atoms with E-state index in [0.29, 0.717) is 0 Å². The van der Waals surface area contributed by atoms with Gasteiger partial charge in [-0.25, -0.2) is 4.98 Å². The molecule has 0 bridgehead atoms. The number of hydrogen-bond acceptors (Lipinski definition) is 2. The van der Waals surface area contributed by atoms with Gasteiger partial charge in [0.15, 0.2) is 0 Å². The van der Waals surface area contributed by atoms with Crippen molar-refractivity contribution in [2.45, 2.75) is 39.7 Å². The van der Waals surface area contributed by atoms with E-state index >= 15 is 0 Å². The summed E-state index contributed by atoms with van der Waals surface area (Å²) in [6.45, 7) is 8.56. The molecular weight excluding hydrogens is 160 g/mol. The highest BCUT2D eigenvalue weighted by Gasteiger charge is 2.14. The fourth-order valence-corrected chi connectivity index (χ4v) is 0.977. The smallest absolute Gasteiger partial charge is 0.126 e. The van der Waals surface area contributed by atoms with E-state index in [9.17, 15) is 0 Å². The molecule has 1 N–H and O–H groups in total. The van der Waals surface area contributed by atoms with Crippen LogP contribution in [0.1, 0.15) is 32.8 Å². The van der Waals surface area contributed by atoms with Crippen molar-refractivity contribution in [3.63, 3.8) is 0 Å². The summed E-state index contributed by atoms with van der Waals surface area (Å²) in [4.78, 5) is 4.30. The first-order valence-corrected chi connectivity index (χ1v) is 4.74. The Morgan fingerprint density at radius 2 is 2.08 bits per heavy atom. The summed E-state index contributed by atoms with van der Waals surface area (Å²) < 4.78 is 0. The Bertz CT molecular complexity index is 262. The van der Waals surface area contributed by atoms with Gasteiger partial charge in [0.1, 0.15) is 5.82 Å². The van der Waals surface area contributed by atoms with Gasteiger partial charge in [-0.2, -0.15) is 0 Å². The zero-order chi connectivity index (χ0) is 9.90. The van der Waals surface area contributed by atoms with E-state index < -0.39 is 0 Å². The number of pyridine rings is 1. The van der Waals surface area contributed by atoms with E-state index in [2.05, 4.69) is 37.1 Å². The molecule has 13 heavy (non-hydrogen) atoms. The molecule has 0 saturated heterocycles. The maximum atomic E-state index is 4.30. The van der Waals surface area contributed by atoms with Crippen molar-refractivity contribution in [1.82, 2.24) is 4.98 Å². The predicted octanol–water partition coefficient (Wildman–Crippen LogP) is 2.99. The minimum absolute atomic E-state index is 0.127. The molecule has 0 radical (unpaired) electrons. The lowest BCUT2D eigenvalue weighted by atomic mass is 10.0. The molecule has 72 valence electrons. The Morgan fingerprint density at radius 1 is 1.38 bits per heavy atom. The number of nitrogens with one attached hydrogen (secondary N) is 1. The maximum absolute atomic E-state index is 4.30. The van der Waals surface area contributed by atoms with Crippen LogP contribution >= 0.6 is 0 Å². The minimum atomic E-state index is 0.127. The SMILES string of the molecule is CCC(C)(C)Nc1ccc(C)cn1. The molecule has 0 atom stereocenters. The second-order valence-electron chi connectivity index (χ2n) is 4.08. The zero-order valence-electron chi connectivity index (χ0n) is 8.89. The second-order valence-corrected chi connectivity index (χ2v) is 4.08. The third kappa shape index (κ3) is 3.05. The van der Waals surface area contributed by atoms with Crippen LogP contribution in [0.5, 0.6) is 0 Å². The summed E-state index contributed by atoms with van der Waals surface area (Å²) in [5.74, 6) is 0.956. The van der Waals surface area contributed by atoms with Crippen LogP contribution in [-0.4, -0.2) is 10.5 Å². The number of aryl methyl sites for hydroxylation is 1. The summed E-state index contributed by atoms with van der Waals surface area (Å²) >= 11 is 0. The Morgan fingerprint density at radius 3 is 2.54 bits per heavy atom. The molecule has 0 spiro atoms. The first-order valence-electron chi connectivity index (χ1n) is 4.74. The van der Waals surface area contributed by atoms with Gasteiger partial charge in [-0.3, -0.25) is 0 Å². The maximum Gasteiger partial charge on any atom is 0.126 e. The zero-order valence-corrected chi connectivity index (χ0v) is 8.89. The number of nitrogens with zero attached hydrogens (tertiary/aromatic N) is 1. The van der Waals surface area contributed by atoms with E-state index in [1.807, 2.05) is 19.2 Å². The molecule has 1 rings (SSSR count). The number of aromatic nitrogens is 1. The minimum Gasteiger partial charge on any atom is -0.365 e. The Hall–Kier alpha value is -1.05. The van der Waals surface area contributed by atoms with Crippen LogP contribution in [0.2, 0.25) is 0 Å². The van der Waals surface area contributed by atoms with Crippen molar-refractivity contribution in [3.8, 4) is 0 Å². The van der Waals surface area contributed by atoms with E-state index in [0.717, 1.165) is 12.2 Å². The molecule has 0 saturated carbocycles. The monoisotopic (exact) mass is 178 g/mol. The van der Waals surface area contributed by atoms with E-state index in [1.54, 1.807) is 0 Å². The fourth-order valence-electron chi connectivity index (χ4n) is 0.977. The van der Waals surface area contributed by atoms with Crippen molar-refractivity contribution in [2.24, 2.45) is 0 Å². The molecular formula is C11H18N2. The average Bonchev–Trinajstić information content (AvgIpc) is 2.09. The highest BCUT2D eigenvalue weighted by Crippen LogP contribution is 2.15. The van der Waals surface area contributed by atoms with E-state index in [1.165, 1.54) is 5.56 Å². The first-order chi connectivity index (χ1) is 6.03. The Balaban J connectivity index is 2.69. The van der Waals surface area contributed by atoms with Crippen LogP contribution in [-0.2, 0) is 0 Å². The third-order valence-corrected chi connectivity index (χ3v) is 2.26. The van der Waals surface area contributed by atoms with Crippen molar-refractivity contribution in [2.75, 3.05) is 5.32 Å². The standard InChI is InChI=1S/C11H18N2/c1-5-11(3,4)13-10-7-6-9(2)8-12-10/h6-8H,5H2,1-4H3,(H,12,13). The molecule has 0 aliphatic heterocycles. The van der Waals surface area contributed by atoms with Crippen LogP contribution in [0, 0.1) is 6.92 Å². The van der Waals surface area contributed by atoms with Gasteiger partial charge >= 0.3 is 0 Å². The van der Waals surface area contributed by atoms with E-state index in [-0.39, 0.29) is 5.54 Å². The highest BCUT2D eigenvalue weighted by atomic mass is 15.0. The fraction of sp³-hybridized carbons (Fsp3) is 0.545. The van der Waals surface area contributed by atoms with Gasteiger partial charge in [-0.1, -0.05) is 13.0 Å². The van der Waals surface area contributed by atoms with Gasteiger partial charge in [0.25, 0.3) is 0 Å². The van der Waals surface area contributed by atoms with Gasteiger partial charge < -0.3 is 5.32 Å². The summed E-state index contributed by atoms with van der Waals surface area (Å²) in [6, 6.07) is 4.09. The van der Waals surface area contributed by atoms with Crippen LogP contribution in [0.25, 0.3) is 0 Å². The van der Waals surface area contributed by atoms with Crippen LogP contribution < -0.4 is 5.32 Å². The molecule has 2 nitrogen and oxygen atoms in total. The molecule has 1 aromatic heterocycles. The van der Waals surface area contributed by atoms with Crippen molar-refractivity contribution in [3.05, 3.63) is 23.9 Å². The lowest BCUT2D eigenvalue weighted by molar-refractivity contribution is 0.545. The topological polar surface area (TPSA) is 24.9 Å². The highest BCUT2D eigenvalue weighted by molar-refractivity contribution is 5.37. The quantitative estimate of drug-likeness (QED) is 0.769. The van der Waals surface area contributed by atoms with E-state index in [4.69, 9.17) is 0 Å². The number of rotatable bonds is 3. The first kappa shape index (κ1) is 10.0. The predicted molar refractivity (Wildman–Crippen MR) is 57.0 cm³/mol. The molecule has 1 aromatic rings. The molecule has 0 aliphatic rings. The normalized spacial score (nSPS) is 11.4. The summed E-state index contributed by atoms with van der Waals surface area (Å²) in [5.41, 5.74) is 1.32. The average molecular weight is 178 g/mol. The van der Waals surface area contributed by atoms with Gasteiger partial charge in [-0.15, -0.1) is 0 Å². The van der Waals surface area contributed by atoms with Gasteiger partial charge in [0.05, 0.1) is 0 Å². The molecule has 2 heteroatoms. The molecule has 0 unspecified atom stereocenters. The Kier molecular flexibility index (Phi) is 2.91. The summed E-state index contributed by atoms with van der Waals surface area (Å²) in [6.07, 6.45) is 2.97. The third-order valence-electron chi connectivity index (χ3n) is 2.26. The number of hydrogen-bond donors (Lipinski definition) is 1. The lowest BCUT2D eigenvalue weighted by Crippen LogP contribution is -2.30. The largest absolute Gasteiger partial charge is 0.365 e. The molecule has 0 aromatic carbocycles. The second kappa shape index (κ2) is 3.77. The number of anilines is 1. The Labute approximate surface area is 80.4 Å². The van der Waals surface area contributed by atoms with Gasteiger partial charge in [0.2, 0.25) is 0 Å². The van der Waals surface area contributed by atoms with Crippen molar-refractivity contribution in [1.29, 1.82) is 0 Å². The molecule has 0 aliphatic carbocycles.